The number of carbonyl (C=O) groups is 2. The molecule has 8 heteroatoms. The van der Waals surface area contributed by atoms with Crippen LogP contribution in [-0.2, 0) is 25.7 Å². The Morgan fingerprint density at radius 2 is 1.96 bits per heavy atom. The van der Waals surface area contributed by atoms with Gasteiger partial charge in [0.15, 0.2) is 0 Å². The van der Waals surface area contributed by atoms with Crippen molar-refractivity contribution in [2.75, 3.05) is 14.2 Å². The van der Waals surface area contributed by atoms with Crippen LogP contribution in [0.3, 0.4) is 0 Å². The lowest BCUT2D eigenvalue weighted by Crippen LogP contribution is -2.42. The summed E-state index contributed by atoms with van der Waals surface area (Å²) in [6.45, 7) is 5.51. The van der Waals surface area contributed by atoms with Crippen molar-refractivity contribution in [3.8, 4) is 5.75 Å². The van der Waals surface area contributed by atoms with Gasteiger partial charge in [0.25, 0.3) is 0 Å². The smallest absolute Gasteiger partial charge is 0.313 e. The van der Waals surface area contributed by atoms with Gasteiger partial charge in [-0.05, 0) is 32.9 Å². The van der Waals surface area contributed by atoms with Gasteiger partial charge in [0.2, 0.25) is 0 Å². The molecule has 1 unspecified atom stereocenters. The molecule has 0 saturated heterocycles. The Bertz CT molecular complexity index is 618. The van der Waals surface area contributed by atoms with Crippen molar-refractivity contribution in [1.29, 1.82) is 0 Å². The maximum atomic E-state index is 12.5. The first kappa shape index (κ1) is 22.0. The van der Waals surface area contributed by atoms with Crippen LogP contribution in [0.5, 0.6) is 5.75 Å². The van der Waals surface area contributed by atoms with Gasteiger partial charge in [-0.15, -0.1) is 4.72 Å². The number of benzene rings is 1. The second-order valence-electron chi connectivity index (χ2n) is 6.43. The molecule has 0 spiro atoms. The van der Waals surface area contributed by atoms with Crippen LogP contribution in [0.4, 0.5) is 0 Å². The van der Waals surface area contributed by atoms with E-state index in [4.69, 9.17) is 4.74 Å². The fourth-order valence-electron chi connectivity index (χ4n) is 2.03. The standard InChI is InChI=1S/C17H24BrNO5S/c1-17(2,3)25(22)19-14(9-12(20)10-16(21)24-5)13-7-6-11(18)8-15(13)23-4/h6-8,14,19H,9-10H2,1-5H3/t14-,25?/m0/s1. The maximum absolute atomic E-state index is 12.5. The van der Waals surface area contributed by atoms with E-state index in [2.05, 4.69) is 25.4 Å². The summed E-state index contributed by atoms with van der Waals surface area (Å²) in [7, 11) is 2.76. The largest absolute Gasteiger partial charge is 0.598 e. The van der Waals surface area contributed by atoms with Gasteiger partial charge in [0.1, 0.15) is 22.7 Å². The Hall–Kier alpha value is -1.09. The normalized spacial score (nSPS) is 13.9. The summed E-state index contributed by atoms with van der Waals surface area (Å²) in [5.74, 6) is -0.340. The third-order valence-electron chi connectivity index (χ3n) is 3.38. The van der Waals surface area contributed by atoms with Gasteiger partial charge < -0.3 is 14.0 Å². The number of methoxy groups -OCH3 is 2. The van der Waals surface area contributed by atoms with E-state index in [1.165, 1.54) is 14.2 Å². The quantitative estimate of drug-likeness (QED) is 0.385. The van der Waals surface area contributed by atoms with Crippen molar-refractivity contribution in [3.05, 3.63) is 28.2 Å². The summed E-state index contributed by atoms with van der Waals surface area (Å²) in [5.41, 5.74) is 0.696. The summed E-state index contributed by atoms with van der Waals surface area (Å²) in [6.07, 6.45) is -0.329. The molecule has 25 heavy (non-hydrogen) atoms. The van der Waals surface area contributed by atoms with E-state index in [9.17, 15) is 14.1 Å². The molecule has 0 heterocycles. The molecule has 0 saturated carbocycles. The fourth-order valence-corrected chi connectivity index (χ4v) is 3.19. The number of ether oxygens (including phenoxy) is 2. The zero-order chi connectivity index (χ0) is 19.2. The summed E-state index contributed by atoms with van der Waals surface area (Å²) >= 11 is 1.97. The highest BCUT2D eigenvalue weighted by atomic mass is 79.9. The van der Waals surface area contributed by atoms with Crippen molar-refractivity contribution in [3.63, 3.8) is 0 Å². The lowest BCUT2D eigenvalue weighted by molar-refractivity contribution is -0.143. The molecule has 0 aliphatic rings. The minimum absolute atomic E-state index is 0.00505. The topological polar surface area (TPSA) is 87.7 Å². The van der Waals surface area contributed by atoms with Crippen LogP contribution in [0, 0.1) is 0 Å². The predicted octanol–water partition coefficient (Wildman–Crippen LogP) is 3.07. The molecule has 1 aromatic carbocycles. The molecule has 0 aromatic heterocycles. The van der Waals surface area contributed by atoms with Crippen LogP contribution >= 0.6 is 15.9 Å². The molecule has 0 fully saturated rings. The first-order valence-corrected chi connectivity index (χ1v) is 9.62. The number of rotatable bonds is 8. The Labute approximate surface area is 160 Å². The SMILES string of the molecule is COC(=O)CC(=O)C[C@H](N[S+]([O-])C(C)(C)C)c1ccc(Br)cc1OC. The van der Waals surface area contributed by atoms with Gasteiger partial charge in [-0.3, -0.25) is 9.59 Å². The van der Waals surface area contributed by atoms with E-state index in [1.807, 2.05) is 26.8 Å². The monoisotopic (exact) mass is 433 g/mol. The molecule has 0 radical (unpaired) electrons. The third-order valence-corrected chi connectivity index (χ3v) is 5.48. The third kappa shape index (κ3) is 6.97. The molecule has 1 rings (SSSR count). The first-order valence-electron chi connectivity index (χ1n) is 7.68. The van der Waals surface area contributed by atoms with Crippen LogP contribution in [0.25, 0.3) is 0 Å². The van der Waals surface area contributed by atoms with Gasteiger partial charge in [0.05, 0.1) is 20.3 Å². The Morgan fingerprint density at radius 1 is 1.32 bits per heavy atom. The number of esters is 1. The zero-order valence-corrected chi connectivity index (χ0v) is 17.5. The summed E-state index contributed by atoms with van der Waals surface area (Å²) in [6, 6.07) is 4.83. The van der Waals surface area contributed by atoms with Crippen molar-refractivity contribution in [1.82, 2.24) is 4.72 Å². The van der Waals surface area contributed by atoms with Crippen molar-refractivity contribution >= 4 is 39.0 Å². The first-order chi connectivity index (χ1) is 11.6. The van der Waals surface area contributed by atoms with E-state index >= 15 is 0 Å². The van der Waals surface area contributed by atoms with E-state index in [1.54, 1.807) is 12.1 Å². The second-order valence-corrected chi connectivity index (χ2v) is 9.35. The highest BCUT2D eigenvalue weighted by Crippen LogP contribution is 2.32. The second kappa shape index (κ2) is 9.56. The molecule has 1 N–H and O–H groups in total. The zero-order valence-electron chi connectivity index (χ0n) is 15.1. The van der Waals surface area contributed by atoms with E-state index < -0.39 is 28.1 Å². The Morgan fingerprint density at radius 3 is 2.48 bits per heavy atom. The van der Waals surface area contributed by atoms with E-state index in [0.29, 0.717) is 11.3 Å². The van der Waals surface area contributed by atoms with Crippen LogP contribution in [0.2, 0.25) is 0 Å². The van der Waals surface area contributed by atoms with Crippen LogP contribution in [0.1, 0.15) is 45.2 Å². The highest BCUT2D eigenvalue weighted by molar-refractivity contribution is 9.10. The van der Waals surface area contributed by atoms with Gasteiger partial charge >= 0.3 is 5.97 Å². The molecule has 0 amide bonds. The fraction of sp³-hybridized carbons (Fsp3) is 0.529. The Balaban J connectivity index is 3.11. The number of Topliss-reactive ketones (excluding diaryl/α,β-unsaturated/α-hetero) is 1. The van der Waals surface area contributed by atoms with Crippen molar-refractivity contribution in [2.45, 2.75) is 44.4 Å². The van der Waals surface area contributed by atoms with Crippen molar-refractivity contribution in [2.24, 2.45) is 0 Å². The molecule has 1 aromatic rings. The summed E-state index contributed by atoms with van der Waals surface area (Å²) in [5, 5.41) is 0. The van der Waals surface area contributed by atoms with Gasteiger partial charge in [0, 0.05) is 27.8 Å². The van der Waals surface area contributed by atoms with Crippen LogP contribution in [-0.4, -0.2) is 35.3 Å². The van der Waals surface area contributed by atoms with Gasteiger partial charge in [-0.1, -0.05) is 22.0 Å². The maximum Gasteiger partial charge on any atom is 0.313 e. The molecule has 0 aliphatic carbocycles. The van der Waals surface area contributed by atoms with Crippen LogP contribution in [0.15, 0.2) is 22.7 Å². The number of carbonyl (C=O) groups excluding carboxylic acids is 2. The lowest BCUT2D eigenvalue weighted by atomic mass is 10.00. The number of halogens is 1. The molecule has 6 nitrogen and oxygen atoms in total. The number of nitrogens with one attached hydrogen (secondary N) is 1. The molecular formula is C17H24BrNO5S. The minimum atomic E-state index is -1.40. The number of ketones is 1. The highest BCUT2D eigenvalue weighted by Gasteiger charge is 2.32. The average Bonchev–Trinajstić information content (AvgIpc) is 2.52. The molecular weight excluding hydrogens is 410 g/mol. The van der Waals surface area contributed by atoms with Crippen LogP contribution < -0.4 is 9.46 Å². The molecule has 2 atom stereocenters. The predicted molar refractivity (Wildman–Crippen MR) is 101 cm³/mol. The lowest BCUT2D eigenvalue weighted by Gasteiger charge is -2.28. The molecule has 0 aliphatic heterocycles. The summed E-state index contributed by atoms with van der Waals surface area (Å²) in [4.78, 5) is 23.5. The van der Waals surface area contributed by atoms with E-state index in [-0.39, 0.29) is 18.6 Å². The van der Waals surface area contributed by atoms with Gasteiger partial charge in [-0.25, -0.2) is 0 Å². The average molecular weight is 434 g/mol. The summed E-state index contributed by atoms with van der Waals surface area (Å²) < 4.78 is 25.8. The molecule has 140 valence electrons. The number of hydrogen-bond acceptors (Lipinski definition) is 6. The Kier molecular flexibility index (Phi) is 8.40. The molecule has 0 bridgehead atoms. The van der Waals surface area contributed by atoms with E-state index in [0.717, 1.165) is 4.47 Å². The van der Waals surface area contributed by atoms with Gasteiger partial charge in [-0.2, -0.15) is 0 Å². The van der Waals surface area contributed by atoms with Crippen molar-refractivity contribution < 1.29 is 23.6 Å². The number of hydrogen-bond donors (Lipinski definition) is 1. The minimum Gasteiger partial charge on any atom is -0.598 e.